The topological polar surface area (TPSA) is 23.5 Å². The Hall–Kier alpha value is -0.0800. The number of hydrogen-bond donors (Lipinski definition) is 1. The zero-order valence-electron chi connectivity index (χ0n) is 9.16. The summed E-state index contributed by atoms with van der Waals surface area (Å²) in [5.74, 6) is 1.04. The maximum atomic E-state index is 9.19. The standard InChI is InChI=1S/C11H23NO/c1-9(2)10(8-13)7-12(3)11-5-4-6-11/h9-11,13H,4-8H2,1-3H3. The fraction of sp³-hybridized carbons (Fsp3) is 1.00. The van der Waals surface area contributed by atoms with Gasteiger partial charge >= 0.3 is 0 Å². The summed E-state index contributed by atoms with van der Waals surface area (Å²) in [7, 11) is 2.19. The number of nitrogens with zero attached hydrogens (tertiary/aromatic N) is 1. The van der Waals surface area contributed by atoms with Crippen molar-refractivity contribution in [2.24, 2.45) is 11.8 Å². The van der Waals surface area contributed by atoms with Crippen molar-refractivity contribution in [3.63, 3.8) is 0 Å². The Balaban J connectivity index is 2.27. The number of aliphatic hydroxyl groups is 1. The second-order valence-corrected chi connectivity index (χ2v) is 4.71. The highest BCUT2D eigenvalue weighted by Crippen LogP contribution is 2.25. The molecule has 0 aromatic rings. The molecule has 0 amide bonds. The van der Waals surface area contributed by atoms with E-state index in [9.17, 15) is 5.11 Å². The minimum atomic E-state index is 0.328. The number of rotatable bonds is 5. The van der Waals surface area contributed by atoms with Gasteiger partial charge in [-0.05, 0) is 31.7 Å². The third-order valence-corrected chi connectivity index (χ3v) is 3.40. The van der Waals surface area contributed by atoms with Crippen LogP contribution in [0.25, 0.3) is 0 Å². The normalized spacial score (nSPS) is 20.8. The Labute approximate surface area is 81.9 Å². The zero-order chi connectivity index (χ0) is 9.84. The third-order valence-electron chi connectivity index (χ3n) is 3.40. The minimum Gasteiger partial charge on any atom is -0.396 e. The van der Waals surface area contributed by atoms with Gasteiger partial charge in [0, 0.05) is 19.2 Å². The molecular formula is C11H23NO. The van der Waals surface area contributed by atoms with Gasteiger partial charge in [-0.1, -0.05) is 20.3 Å². The van der Waals surface area contributed by atoms with Crippen molar-refractivity contribution in [2.75, 3.05) is 20.2 Å². The van der Waals surface area contributed by atoms with E-state index in [1.54, 1.807) is 0 Å². The van der Waals surface area contributed by atoms with Crippen molar-refractivity contribution >= 4 is 0 Å². The molecule has 2 heteroatoms. The first-order valence-corrected chi connectivity index (χ1v) is 5.46. The van der Waals surface area contributed by atoms with Crippen LogP contribution in [0, 0.1) is 11.8 Å². The van der Waals surface area contributed by atoms with Gasteiger partial charge in [0.05, 0.1) is 0 Å². The Morgan fingerprint density at radius 2 is 2.00 bits per heavy atom. The quantitative estimate of drug-likeness (QED) is 0.705. The molecule has 1 saturated carbocycles. The third kappa shape index (κ3) is 2.96. The molecule has 0 spiro atoms. The minimum absolute atomic E-state index is 0.328. The van der Waals surface area contributed by atoms with E-state index in [4.69, 9.17) is 0 Å². The van der Waals surface area contributed by atoms with Gasteiger partial charge in [0.2, 0.25) is 0 Å². The van der Waals surface area contributed by atoms with Crippen LogP contribution in [0.1, 0.15) is 33.1 Å². The maximum Gasteiger partial charge on any atom is 0.0473 e. The van der Waals surface area contributed by atoms with Crippen molar-refractivity contribution in [3.05, 3.63) is 0 Å². The Morgan fingerprint density at radius 3 is 2.31 bits per heavy atom. The number of aliphatic hydroxyl groups excluding tert-OH is 1. The summed E-state index contributed by atoms with van der Waals surface area (Å²) in [6.07, 6.45) is 4.10. The molecule has 0 heterocycles. The zero-order valence-corrected chi connectivity index (χ0v) is 9.16. The van der Waals surface area contributed by atoms with Gasteiger partial charge in [-0.2, -0.15) is 0 Å². The predicted octanol–water partition coefficient (Wildman–Crippen LogP) is 1.74. The summed E-state index contributed by atoms with van der Waals surface area (Å²) >= 11 is 0. The van der Waals surface area contributed by atoms with Gasteiger partial charge in [-0.25, -0.2) is 0 Å². The molecule has 0 bridgehead atoms. The summed E-state index contributed by atoms with van der Waals surface area (Å²) < 4.78 is 0. The number of hydrogen-bond acceptors (Lipinski definition) is 2. The van der Waals surface area contributed by atoms with E-state index >= 15 is 0 Å². The molecule has 0 aliphatic heterocycles. The Kier molecular flexibility index (Phi) is 4.20. The summed E-state index contributed by atoms with van der Waals surface area (Å²) in [5.41, 5.74) is 0. The highest BCUT2D eigenvalue weighted by molar-refractivity contribution is 4.79. The molecule has 1 aliphatic rings. The predicted molar refractivity (Wildman–Crippen MR) is 55.7 cm³/mol. The van der Waals surface area contributed by atoms with E-state index in [-0.39, 0.29) is 0 Å². The van der Waals surface area contributed by atoms with Crippen LogP contribution in [0.15, 0.2) is 0 Å². The highest BCUT2D eigenvalue weighted by atomic mass is 16.3. The smallest absolute Gasteiger partial charge is 0.0473 e. The lowest BCUT2D eigenvalue weighted by atomic mass is 9.89. The Bertz CT molecular complexity index is 143. The van der Waals surface area contributed by atoms with Crippen LogP contribution in [-0.4, -0.2) is 36.2 Å². The summed E-state index contributed by atoms with van der Waals surface area (Å²) in [6.45, 7) is 5.76. The van der Waals surface area contributed by atoms with E-state index < -0.39 is 0 Å². The molecule has 1 atom stereocenters. The van der Waals surface area contributed by atoms with E-state index in [0.29, 0.717) is 18.4 Å². The van der Waals surface area contributed by atoms with E-state index in [1.807, 2.05) is 0 Å². The first kappa shape index (κ1) is 11.0. The molecule has 0 saturated heterocycles. The van der Waals surface area contributed by atoms with Gasteiger partial charge in [-0.3, -0.25) is 0 Å². The van der Waals surface area contributed by atoms with Gasteiger partial charge < -0.3 is 10.0 Å². The SMILES string of the molecule is CC(C)C(CO)CN(C)C1CCC1. The van der Waals surface area contributed by atoms with Crippen molar-refractivity contribution in [3.8, 4) is 0 Å². The van der Waals surface area contributed by atoms with Crippen LogP contribution >= 0.6 is 0 Å². The monoisotopic (exact) mass is 185 g/mol. The largest absolute Gasteiger partial charge is 0.396 e. The van der Waals surface area contributed by atoms with E-state index in [2.05, 4.69) is 25.8 Å². The van der Waals surface area contributed by atoms with Crippen LogP contribution in [-0.2, 0) is 0 Å². The molecule has 1 aliphatic carbocycles. The van der Waals surface area contributed by atoms with E-state index in [1.165, 1.54) is 19.3 Å². The Morgan fingerprint density at radius 1 is 1.38 bits per heavy atom. The first-order chi connectivity index (χ1) is 6.15. The van der Waals surface area contributed by atoms with Gasteiger partial charge in [0.15, 0.2) is 0 Å². The molecule has 1 rings (SSSR count). The lowest BCUT2D eigenvalue weighted by molar-refractivity contribution is 0.0936. The fourth-order valence-corrected chi connectivity index (χ4v) is 1.83. The van der Waals surface area contributed by atoms with Crippen LogP contribution in [0.4, 0.5) is 0 Å². The molecule has 1 fully saturated rings. The lowest BCUT2D eigenvalue weighted by Gasteiger charge is -2.37. The maximum absolute atomic E-state index is 9.19. The van der Waals surface area contributed by atoms with Crippen LogP contribution < -0.4 is 0 Å². The summed E-state index contributed by atoms with van der Waals surface area (Å²) in [4.78, 5) is 2.42. The first-order valence-electron chi connectivity index (χ1n) is 5.46. The van der Waals surface area contributed by atoms with Gasteiger partial charge in [-0.15, -0.1) is 0 Å². The van der Waals surface area contributed by atoms with Crippen molar-refractivity contribution in [1.29, 1.82) is 0 Å². The molecule has 0 aromatic heterocycles. The van der Waals surface area contributed by atoms with E-state index in [0.717, 1.165) is 12.6 Å². The second-order valence-electron chi connectivity index (χ2n) is 4.71. The van der Waals surface area contributed by atoms with Crippen molar-refractivity contribution < 1.29 is 5.11 Å². The average molecular weight is 185 g/mol. The van der Waals surface area contributed by atoms with Crippen LogP contribution in [0.2, 0.25) is 0 Å². The molecular weight excluding hydrogens is 162 g/mol. The molecule has 0 aromatic carbocycles. The summed E-state index contributed by atoms with van der Waals surface area (Å²) in [6, 6.07) is 0.799. The van der Waals surface area contributed by atoms with Gasteiger partial charge in [0.1, 0.15) is 0 Å². The molecule has 13 heavy (non-hydrogen) atoms. The fourth-order valence-electron chi connectivity index (χ4n) is 1.83. The van der Waals surface area contributed by atoms with Crippen LogP contribution in [0.3, 0.4) is 0 Å². The van der Waals surface area contributed by atoms with Crippen molar-refractivity contribution in [2.45, 2.75) is 39.2 Å². The summed E-state index contributed by atoms with van der Waals surface area (Å²) in [5, 5.41) is 9.19. The van der Waals surface area contributed by atoms with Crippen molar-refractivity contribution in [1.82, 2.24) is 4.90 Å². The second kappa shape index (κ2) is 4.97. The molecule has 2 nitrogen and oxygen atoms in total. The highest BCUT2D eigenvalue weighted by Gasteiger charge is 2.24. The molecule has 1 N–H and O–H groups in total. The lowest BCUT2D eigenvalue weighted by Crippen LogP contribution is -2.41. The molecule has 0 radical (unpaired) electrons. The van der Waals surface area contributed by atoms with Gasteiger partial charge in [0.25, 0.3) is 0 Å². The average Bonchev–Trinajstić information content (AvgIpc) is 1.96. The van der Waals surface area contributed by atoms with Crippen LogP contribution in [0.5, 0.6) is 0 Å². The molecule has 1 unspecified atom stereocenters. The molecule has 78 valence electrons.